The third kappa shape index (κ3) is 4.20. The molecule has 0 spiro atoms. The molecule has 0 radical (unpaired) electrons. The maximum atomic E-state index is 11.6. The van der Waals surface area contributed by atoms with Gasteiger partial charge in [-0.3, -0.25) is 9.59 Å². The predicted octanol–water partition coefficient (Wildman–Crippen LogP) is 1.38. The molecule has 2 aromatic rings. The number of carbonyl (C=O) groups excluding carboxylic acids is 2. The van der Waals surface area contributed by atoms with E-state index in [1.165, 1.54) is 19.6 Å². The zero-order chi connectivity index (χ0) is 15.1. The van der Waals surface area contributed by atoms with Gasteiger partial charge in [0.2, 0.25) is 0 Å². The summed E-state index contributed by atoms with van der Waals surface area (Å²) in [5.74, 6) is -0.586. The minimum absolute atomic E-state index is 0.464. The fourth-order valence-corrected chi connectivity index (χ4v) is 1.43. The Labute approximate surface area is 120 Å². The first-order chi connectivity index (χ1) is 10.2. The maximum Gasteiger partial charge on any atom is 0.329 e. The number of benzene rings is 1. The number of amides is 2. The number of furan rings is 1. The first-order valence-corrected chi connectivity index (χ1v) is 6.01. The maximum absolute atomic E-state index is 11.6. The Hall–Kier alpha value is -3.09. The van der Waals surface area contributed by atoms with Gasteiger partial charge >= 0.3 is 11.8 Å². The van der Waals surface area contributed by atoms with Crippen LogP contribution in [0.25, 0.3) is 0 Å². The highest BCUT2D eigenvalue weighted by molar-refractivity contribution is 6.39. The molecule has 2 rings (SSSR count). The molecule has 0 fully saturated rings. The molecule has 0 atom stereocenters. The molecule has 0 saturated carbocycles. The number of hydrogen-bond donors (Lipinski definition) is 2. The lowest BCUT2D eigenvalue weighted by Gasteiger charge is -2.04. The van der Waals surface area contributed by atoms with Gasteiger partial charge in [-0.1, -0.05) is 0 Å². The SMILES string of the molecule is COc1ccc(NC(=O)C(=O)NN=Cc2ccco2)cc1. The van der Waals surface area contributed by atoms with E-state index in [1.54, 1.807) is 36.4 Å². The van der Waals surface area contributed by atoms with E-state index >= 15 is 0 Å². The highest BCUT2D eigenvalue weighted by Crippen LogP contribution is 2.14. The van der Waals surface area contributed by atoms with E-state index in [-0.39, 0.29) is 0 Å². The van der Waals surface area contributed by atoms with E-state index in [4.69, 9.17) is 9.15 Å². The van der Waals surface area contributed by atoms with Crippen LogP contribution in [0.15, 0.2) is 52.2 Å². The van der Waals surface area contributed by atoms with E-state index in [2.05, 4.69) is 15.8 Å². The third-order valence-corrected chi connectivity index (χ3v) is 2.46. The summed E-state index contributed by atoms with van der Waals surface area (Å²) in [5.41, 5.74) is 2.58. The van der Waals surface area contributed by atoms with Crippen LogP contribution in [0.3, 0.4) is 0 Å². The van der Waals surface area contributed by atoms with Gasteiger partial charge < -0.3 is 14.5 Å². The van der Waals surface area contributed by atoms with Gasteiger partial charge in [0.15, 0.2) is 0 Å². The van der Waals surface area contributed by atoms with Gasteiger partial charge in [-0.25, -0.2) is 5.43 Å². The smallest absolute Gasteiger partial charge is 0.329 e. The quantitative estimate of drug-likeness (QED) is 0.504. The van der Waals surface area contributed by atoms with Gasteiger partial charge in [-0.2, -0.15) is 5.10 Å². The van der Waals surface area contributed by atoms with Crippen LogP contribution >= 0.6 is 0 Å². The van der Waals surface area contributed by atoms with E-state index in [9.17, 15) is 9.59 Å². The second-order valence-corrected chi connectivity index (χ2v) is 3.90. The number of rotatable bonds is 4. The van der Waals surface area contributed by atoms with E-state index < -0.39 is 11.8 Å². The lowest BCUT2D eigenvalue weighted by molar-refractivity contribution is -0.136. The molecule has 0 aliphatic rings. The van der Waals surface area contributed by atoms with Gasteiger partial charge in [-0.05, 0) is 36.4 Å². The molecule has 0 aliphatic carbocycles. The second kappa shape index (κ2) is 6.90. The highest BCUT2D eigenvalue weighted by atomic mass is 16.5. The van der Waals surface area contributed by atoms with Crippen molar-refractivity contribution in [1.29, 1.82) is 0 Å². The molecular formula is C14H13N3O4. The number of methoxy groups -OCH3 is 1. The van der Waals surface area contributed by atoms with Crippen molar-refractivity contribution in [1.82, 2.24) is 5.43 Å². The second-order valence-electron chi connectivity index (χ2n) is 3.90. The molecule has 2 amide bonds. The van der Waals surface area contributed by atoms with Crippen LogP contribution in [0, 0.1) is 0 Å². The Balaban J connectivity index is 1.85. The van der Waals surface area contributed by atoms with Gasteiger partial charge in [0.25, 0.3) is 0 Å². The van der Waals surface area contributed by atoms with Crippen LogP contribution in [0.5, 0.6) is 5.75 Å². The molecule has 108 valence electrons. The molecular weight excluding hydrogens is 274 g/mol. The van der Waals surface area contributed by atoms with Crippen LogP contribution < -0.4 is 15.5 Å². The number of hydrogen-bond acceptors (Lipinski definition) is 5. The van der Waals surface area contributed by atoms with Crippen LogP contribution in [0.4, 0.5) is 5.69 Å². The van der Waals surface area contributed by atoms with Gasteiger partial charge in [0, 0.05) is 5.69 Å². The van der Waals surface area contributed by atoms with Crippen molar-refractivity contribution in [3.05, 3.63) is 48.4 Å². The lowest BCUT2D eigenvalue weighted by Crippen LogP contribution is -2.32. The van der Waals surface area contributed by atoms with Crippen molar-refractivity contribution in [3.63, 3.8) is 0 Å². The molecule has 1 heterocycles. The first kappa shape index (κ1) is 14.3. The summed E-state index contributed by atoms with van der Waals surface area (Å²) in [5, 5.41) is 6.04. The van der Waals surface area contributed by atoms with E-state index in [0.717, 1.165) is 0 Å². The fourth-order valence-electron chi connectivity index (χ4n) is 1.43. The summed E-state index contributed by atoms with van der Waals surface area (Å²) < 4.78 is 9.97. The summed E-state index contributed by atoms with van der Waals surface area (Å²) in [6.07, 6.45) is 2.76. The van der Waals surface area contributed by atoms with Crippen molar-refractivity contribution >= 4 is 23.7 Å². The monoisotopic (exact) mass is 287 g/mol. The number of nitrogens with one attached hydrogen (secondary N) is 2. The average molecular weight is 287 g/mol. The molecule has 0 saturated heterocycles. The van der Waals surface area contributed by atoms with Crippen molar-refractivity contribution in [2.45, 2.75) is 0 Å². The lowest BCUT2D eigenvalue weighted by atomic mass is 10.3. The summed E-state index contributed by atoms with van der Waals surface area (Å²) in [4.78, 5) is 23.1. The molecule has 0 aliphatic heterocycles. The number of ether oxygens (including phenoxy) is 1. The molecule has 7 heteroatoms. The normalized spacial score (nSPS) is 10.3. The number of hydrazone groups is 1. The summed E-state index contributed by atoms with van der Waals surface area (Å²) in [7, 11) is 1.54. The minimum Gasteiger partial charge on any atom is -0.497 e. The average Bonchev–Trinajstić information content (AvgIpc) is 3.01. The largest absolute Gasteiger partial charge is 0.497 e. The van der Waals surface area contributed by atoms with Crippen molar-refractivity contribution in [2.24, 2.45) is 5.10 Å². The number of anilines is 1. The Morgan fingerprint density at radius 2 is 1.95 bits per heavy atom. The number of carbonyl (C=O) groups is 2. The molecule has 7 nitrogen and oxygen atoms in total. The minimum atomic E-state index is -0.881. The molecule has 21 heavy (non-hydrogen) atoms. The highest BCUT2D eigenvalue weighted by Gasteiger charge is 2.12. The van der Waals surface area contributed by atoms with Crippen LogP contribution in [-0.2, 0) is 9.59 Å². The topological polar surface area (TPSA) is 92.9 Å². The van der Waals surface area contributed by atoms with Crippen LogP contribution in [-0.4, -0.2) is 25.1 Å². The van der Waals surface area contributed by atoms with Crippen LogP contribution in [0.1, 0.15) is 5.76 Å². The first-order valence-electron chi connectivity index (χ1n) is 6.01. The van der Waals surface area contributed by atoms with Gasteiger partial charge in [-0.15, -0.1) is 0 Å². The van der Waals surface area contributed by atoms with Crippen molar-refractivity contribution in [3.8, 4) is 5.75 Å². The van der Waals surface area contributed by atoms with E-state index in [1.807, 2.05) is 0 Å². The van der Waals surface area contributed by atoms with Crippen molar-refractivity contribution in [2.75, 3.05) is 12.4 Å². The third-order valence-electron chi connectivity index (χ3n) is 2.46. The fraction of sp³-hybridized carbons (Fsp3) is 0.0714. The number of nitrogens with zero attached hydrogens (tertiary/aromatic N) is 1. The Morgan fingerprint density at radius 3 is 2.57 bits per heavy atom. The summed E-state index contributed by atoms with van der Waals surface area (Å²) in [6.45, 7) is 0. The molecule has 1 aromatic carbocycles. The van der Waals surface area contributed by atoms with Crippen molar-refractivity contribution < 1.29 is 18.7 Å². The predicted molar refractivity (Wildman–Crippen MR) is 76.1 cm³/mol. The zero-order valence-corrected chi connectivity index (χ0v) is 11.2. The Morgan fingerprint density at radius 1 is 1.19 bits per heavy atom. The van der Waals surface area contributed by atoms with Gasteiger partial charge in [0.05, 0.1) is 19.6 Å². The molecule has 2 N–H and O–H groups in total. The summed E-state index contributed by atoms with van der Waals surface area (Å²) in [6, 6.07) is 9.92. The standard InChI is InChI=1S/C14H13N3O4/c1-20-11-6-4-10(5-7-11)16-13(18)14(19)17-15-9-12-3-2-8-21-12/h2-9H,1H3,(H,16,18)(H,17,19). The summed E-state index contributed by atoms with van der Waals surface area (Å²) >= 11 is 0. The molecule has 0 bridgehead atoms. The molecule has 1 aromatic heterocycles. The Bertz CT molecular complexity index is 633. The van der Waals surface area contributed by atoms with E-state index in [0.29, 0.717) is 17.2 Å². The van der Waals surface area contributed by atoms with Crippen LogP contribution in [0.2, 0.25) is 0 Å². The van der Waals surface area contributed by atoms with Gasteiger partial charge in [0.1, 0.15) is 11.5 Å². The molecule has 0 unspecified atom stereocenters. The zero-order valence-electron chi connectivity index (χ0n) is 11.2. The Kier molecular flexibility index (Phi) is 4.70.